The number of nitrogens with two attached hydrogens (primary N) is 1. The van der Waals surface area contributed by atoms with E-state index in [-0.39, 0.29) is 11.7 Å². The van der Waals surface area contributed by atoms with Gasteiger partial charge in [0.2, 0.25) is 0 Å². The molecule has 0 aliphatic rings. The van der Waals surface area contributed by atoms with Crippen molar-refractivity contribution < 1.29 is 13.2 Å². The number of alkyl halides is 3. The van der Waals surface area contributed by atoms with Crippen molar-refractivity contribution in [3.8, 4) is 0 Å². The Balaban J connectivity index is 1.96. The maximum Gasteiger partial charge on any atom is 0.416 e. The molecule has 0 amide bonds. The number of hydrogen-bond acceptors (Lipinski definition) is 2. The number of pyridine rings is 1. The smallest absolute Gasteiger partial charge is 0.376 e. The highest BCUT2D eigenvalue weighted by atomic mass is 32.1. The molecule has 0 atom stereocenters. The highest BCUT2D eigenvalue weighted by Gasteiger charge is 2.30. The largest absolute Gasteiger partial charge is 0.416 e. The monoisotopic (exact) mass is 361 g/mol. The second-order valence-electron chi connectivity index (χ2n) is 5.49. The van der Waals surface area contributed by atoms with Crippen LogP contribution in [0.15, 0.2) is 60.9 Å². The Morgan fingerprint density at radius 2 is 1.80 bits per heavy atom. The molecule has 2 aromatic carbocycles. The number of fused-ring (bicyclic) bond motifs is 1. The Morgan fingerprint density at radius 1 is 1.08 bits per heavy atom. The predicted molar refractivity (Wildman–Crippen MR) is 96.2 cm³/mol. The number of aromatic nitrogens is 1. The van der Waals surface area contributed by atoms with Gasteiger partial charge in [-0.25, -0.2) is 0 Å². The minimum absolute atomic E-state index is 0.143. The summed E-state index contributed by atoms with van der Waals surface area (Å²) in [5.74, 6) is 0. The van der Waals surface area contributed by atoms with Crippen molar-refractivity contribution >= 4 is 33.8 Å². The van der Waals surface area contributed by atoms with E-state index < -0.39 is 11.7 Å². The topological polar surface area (TPSA) is 42.1 Å². The summed E-state index contributed by atoms with van der Waals surface area (Å²) in [6.45, 7) is 0.273. The molecule has 0 fully saturated rings. The van der Waals surface area contributed by atoms with Crippen LogP contribution in [0.25, 0.3) is 10.8 Å². The molecule has 3 nitrogen and oxygen atoms in total. The van der Waals surface area contributed by atoms with Crippen molar-refractivity contribution in [3.63, 3.8) is 0 Å². The third-order valence-electron chi connectivity index (χ3n) is 3.84. The molecule has 0 saturated heterocycles. The average Bonchev–Trinajstić information content (AvgIpc) is 2.59. The van der Waals surface area contributed by atoms with Crippen LogP contribution in [0.5, 0.6) is 0 Å². The number of benzene rings is 2. The number of thiocarbonyl (C=S) groups is 1. The van der Waals surface area contributed by atoms with E-state index in [2.05, 4.69) is 4.98 Å². The zero-order valence-corrected chi connectivity index (χ0v) is 13.8. The Labute approximate surface area is 147 Å². The van der Waals surface area contributed by atoms with Crippen LogP contribution in [0.2, 0.25) is 0 Å². The van der Waals surface area contributed by atoms with E-state index in [1.807, 2.05) is 24.3 Å². The van der Waals surface area contributed by atoms with Gasteiger partial charge in [-0.2, -0.15) is 13.2 Å². The minimum atomic E-state index is -4.36. The van der Waals surface area contributed by atoms with Gasteiger partial charge in [0.1, 0.15) is 0 Å². The fourth-order valence-electron chi connectivity index (χ4n) is 2.60. The van der Waals surface area contributed by atoms with E-state index in [0.29, 0.717) is 5.56 Å². The van der Waals surface area contributed by atoms with Crippen molar-refractivity contribution in [3.05, 3.63) is 72.1 Å². The van der Waals surface area contributed by atoms with Crippen molar-refractivity contribution in [2.45, 2.75) is 12.7 Å². The molecular weight excluding hydrogens is 347 g/mol. The molecular formula is C18H14F3N3S. The first-order valence-corrected chi connectivity index (χ1v) is 7.83. The van der Waals surface area contributed by atoms with E-state index in [0.717, 1.165) is 28.6 Å². The van der Waals surface area contributed by atoms with Gasteiger partial charge in [-0.1, -0.05) is 24.3 Å². The standard InChI is InChI=1S/C18H14F3N3S/c19-18(20,21)14-6-4-12(5-7-14)11-24(17(22)25)16-3-1-2-13-10-23-9-8-15(13)16/h1-10H,11H2,(H2,22,25). The van der Waals surface area contributed by atoms with Crippen LogP contribution in [0.3, 0.4) is 0 Å². The van der Waals surface area contributed by atoms with E-state index in [9.17, 15) is 13.2 Å². The lowest BCUT2D eigenvalue weighted by Gasteiger charge is -2.24. The van der Waals surface area contributed by atoms with Crippen LogP contribution in [0.1, 0.15) is 11.1 Å². The lowest BCUT2D eigenvalue weighted by Crippen LogP contribution is -2.35. The number of anilines is 1. The average molecular weight is 361 g/mol. The van der Waals surface area contributed by atoms with Gasteiger partial charge >= 0.3 is 6.18 Å². The zero-order valence-electron chi connectivity index (χ0n) is 13.0. The first-order chi connectivity index (χ1) is 11.9. The first kappa shape index (κ1) is 17.2. The van der Waals surface area contributed by atoms with Gasteiger partial charge in [0.05, 0.1) is 17.8 Å². The van der Waals surface area contributed by atoms with Gasteiger partial charge in [-0.15, -0.1) is 0 Å². The summed E-state index contributed by atoms with van der Waals surface area (Å²) in [7, 11) is 0. The minimum Gasteiger partial charge on any atom is -0.376 e. The Morgan fingerprint density at radius 3 is 2.44 bits per heavy atom. The maximum atomic E-state index is 12.7. The zero-order chi connectivity index (χ0) is 18.0. The Hall–Kier alpha value is -2.67. The van der Waals surface area contributed by atoms with Gasteiger partial charge in [0, 0.05) is 23.2 Å². The van der Waals surface area contributed by atoms with Crippen molar-refractivity contribution in [1.82, 2.24) is 4.98 Å². The summed E-state index contributed by atoms with van der Waals surface area (Å²) in [4.78, 5) is 5.78. The van der Waals surface area contributed by atoms with E-state index in [1.54, 1.807) is 17.3 Å². The van der Waals surface area contributed by atoms with E-state index in [1.165, 1.54) is 12.1 Å². The molecule has 0 saturated carbocycles. The molecule has 7 heteroatoms. The van der Waals surface area contributed by atoms with Gasteiger partial charge in [0.25, 0.3) is 0 Å². The lowest BCUT2D eigenvalue weighted by molar-refractivity contribution is -0.137. The Kier molecular flexibility index (Phi) is 4.59. The summed E-state index contributed by atoms with van der Waals surface area (Å²) in [6.07, 6.45) is -0.958. The quantitative estimate of drug-likeness (QED) is 0.698. The van der Waals surface area contributed by atoms with Crippen LogP contribution >= 0.6 is 12.2 Å². The normalized spacial score (nSPS) is 11.5. The van der Waals surface area contributed by atoms with Crippen LogP contribution < -0.4 is 10.6 Å². The van der Waals surface area contributed by atoms with Crippen LogP contribution in [0.4, 0.5) is 18.9 Å². The van der Waals surface area contributed by atoms with Gasteiger partial charge in [0.15, 0.2) is 5.11 Å². The van der Waals surface area contributed by atoms with Crippen LogP contribution in [0, 0.1) is 0 Å². The molecule has 0 bridgehead atoms. The molecule has 1 aromatic heterocycles. The summed E-state index contributed by atoms with van der Waals surface area (Å²) >= 11 is 5.15. The Bertz CT molecular complexity index is 902. The van der Waals surface area contributed by atoms with E-state index in [4.69, 9.17) is 18.0 Å². The lowest BCUT2D eigenvalue weighted by atomic mass is 10.1. The molecule has 128 valence electrons. The number of nitrogens with zero attached hydrogens (tertiary/aromatic N) is 2. The summed E-state index contributed by atoms with van der Waals surface area (Å²) in [5.41, 5.74) is 6.64. The predicted octanol–water partition coefficient (Wildman–Crippen LogP) is 4.50. The molecule has 0 spiro atoms. The molecule has 1 heterocycles. The first-order valence-electron chi connectivity index (χ1n) is 7.42. The second kappa shape index (κ2) is 6.68. The second-order valence-corrected chi connectivity index (χ2v) is 5.91. The third kappa shape index (κ3) is 3.71. The van der Waals surface area contributed by atoms with Gasteiger partial charge in [-0.05, 0) is 42.0 Å². The van der Waals surface area contributed by atoms with Crippen molar-refractivity contribution in [1.29, 1.82) is 0 Å². The number of rotatable bonds is 3. The fourth-order valence-corrected chi connectivity index (χ4v) is 2.77. The molecule has 2 N–H and O–H groups in total. The molecule has 0 radical (unpaired) electrons. The van der Waals surface area contributed by atoms with E-state index >= 15 is 0 Å². The SMILES string of the molecule is NC(=S)N(Cc1ccc(C(F)(F)F)cc1)c1cccc2cnccc12. The van der Waals surface area contributed by atoms with Crippen molar-refractivity contribution in [2.24, 2.45) is 5.73 Å². The molecule has 3 aromatic rings. The van der Waals surface area contributed by atoms with Gasteiger partial charge < -0.3 is 10.6 Å². The summed E-state index contributed by atoms with van der Waals surface area (Å²) < 4.78 is 38.1. The molecule has 3 rings (SSSR count). The molecule has 0 aliphatic heterocycles. The molecule has 25 heavy (non-hydrogen) atoms. The number of hydrogen-bond donors (Lipinski definition) is 1. The molecule has 0 aliphatic carbocycles. The maximum absolute atomic E-state index is 12.7. The van der Waals surface area contributed by atoms with Crippen LogP contribution in [-0.4, -0.2) is 10.1 Å². The summed E-state index contributed by atoms with van der Waals surface area (Å²) in [6, 6.07) is 12.5. The third-order valence-corrected chi connectivity index (χ3v) is 4.06. The van der Waals surface area contributed by atoms with Crippen LogP contribution in [-0.2, 0) is 12.7 Å². The van der Waals surface area contributed by atoms with Crippen molar-refractivity contribution in [2.75, 3.05) is 4.90 Å². The highest BCUT2D eigenvalue weighted by molar-refractivity contribution is 7.80. The summed E-state index contributed by atoms with van der Waals surface area (Å²) in [5, 5.41) is 1.98. The fraction of sp³-hybridized carbons (Fsp3) is 0.111. The number of halogens is 3. The molecule has 0 unspecified atom stereocenters. The van der Waals surface area contributed by atoms with Gasteiger partial charge in [-0.3, -0.25) is 4.98 Å². The highest BCUT2D eigenvalue weighted by Crippen LogP contribution is 2.30.